The van der Waals surface area contributed by atoms with E-state index in [1.165, 1.54) is 0 Å². The Morgan fingerprint density at radius 2 is 1.69 bits per heavy atom. The summed E-state index contributed by atoms with van der Waals surface area (Å²) in [6.45, 7) is 0.446. The fourth-order valence-corrected chi connectivity index (χ4v) is 3.77. The van der Waals surface area contributed by atoms with Crippen molar-refractivity contribution >= 4 is 17.2 Å². The molecule has 1 aromatic heterocycles. The Kier molecular flexibility index (Phi) is 6.39. The van der Waals surface area contributed by atoms with Crippen LogP contribution in [0.15, 0.2) is 101 Å². The lowest BCUT2D eigenvalue weighted by Gasteiger charge is -2.14. The molecule has 0 fully saturated rings. The number of hydrazone groups is 1. The highest BCUT2D eigenvalue weighted by molar-refractivity contribution is 6.18. The summed E-state index contributed by atoms with van der Waals surface area (Å²) in [5.41, 5.74) is 8.17. The normalized spacial score (nSPS) is 12.4. The second-order valence-corrected chi connectivity index (χ2v) is 7.80. The first-order valence-corrected chi connectivity index (χ1v) is 11.1. The maximum atomic E-state index is 6.03. The standard InChI is InChI=1S/C28H24N4O3/c1-33-22-11-12-24-23(16-22)27(31-32-28(30-24)21-9-6-14-29-17-21)20-10-13-25(26(15-20)34-2)35-18-19-7-4-3-5-8-19/h3-17H,18H2,1-2H3,(H,30,32). The largest absolute Gasteiger partial charge is 0.497 e. The fraction of sp³-hybridized carbons (Fsp3) is 0.107. The van der Waals surface area contributed by atoms with E-state index in [1.807, 2.05) is 78.9 Å². The highest BCUT2D eigenvalue weighted by atomic mass is 16.5. The smallest absolute Gasteiger partial charge is 0.161 e. The molecule has 0 saturated heterocycles. The summed E-state index contributed by atoms with van der Waals surface area (Å²) in [6, 6.07) is 25.3. The van der Waals surface area contributed by atoms with Crippen LogP contribution in [0.1, 0.15) is 22.3 Å². The molecule has 0 atom stereocenters. The van der Waals surface area contributed by atoms with Gasteiger partial charge >= 0.3 is 0 Å². The summed E-state index contributed by atoms with van der Waals surface area (Å²) in [4.78, 5) is 9.03. The van der Waals surface area contributed by atoms with E-state index in [9.17, 15) is 0 Å². The molecule has 35 heavy (non-hydrogen) atoms. The number of hydrogen-bond acceptors (Lipinski definition) is 7. The van der Waals surface area contributed by atoms with Gasteiger partial charge in [-0.2, -0.15) is 5.10 Å². The second-order valence-electron chi connectivity index (χ2n) is 7.80. The van der Waals surface area contributed by atoms with Crippen LogP contribution in [0.25, 0.3) is 0 Å². The van der Waals surface area contributed by atoms with Crippen molar-refractivity contribution in [2.45, 2.75) is 6.61 Å². The lowest BCUT2D eigenvalue weighted by molar-refractivity contribution is 0.284. The van der Waals surface area contributed by atoms with Crippen molar-refractivity contribution in [3.63, 3.8) is 0 Å². The molecule has 174 valence electrons. The van der Waals surface area contributed by atoms with Crippen LogP contribution in [0.4, 0.5) is 5.69 Å². The predicted molar refractivity (Wildman–Crippen MR) is 136 cm³/mol. The zero-order valence-electron chi connectivity index (χ0n) is 19.4. The molecule has 0 aliphatic carbocycles. The molecule has 0 amide bonds. The number of methoxy groups -OCH3 is 2. The Balaban J connectivity index is 1.52. The first-order chi connectivity index (χ1) is 17.2. The summed E-state index contributed by atoms with van der Waals surface area (Å²) in [6.07, 6.45) is 3.47. The van der Waals surface area contributed by atoms with Crippen molar-refractivity contribution in [1.29, 1.82) is 0 Å². The Bertz CT molecular complexity index is 1390. The van der Waals surface area contributed by atoms with Gasteiger partial charge in [0.15, 0.2) is 17.3 Å². The zero-order valence-corrected chi connectivity index (χ0v) is 19.4. The van der Waals surface area contributed by atoms with Crippen LogP contribution in [0.5, 0.6) is 17.2 Å². The van der Waals surface area contributed by atoms with Crippen LogP contribution in [0, 0.1) is 0 Å². The van der Waals surface area contributed by atoms with Crippen molar-refractivity contribution in [3.8, 4) is 17.2 Å². The van der Waals surface area contributed by atoms with E-state index >= 15 is 0 Å². The molecular weight excluding hydrogens is 440 g/mol. The molecule has 2 heterocycles. The fourth-order valence-electron chi connectivity index (χ4n) is 3.77. The van der Waals surface area contributed by atoms with Crippen LogP contribution < -0.4 is 19.6 Å². The van der Waals surface area contributed by atoms with Gasteiger partial charge in [0.05, 0.1) is 19.9 Å². The van der Waals surface area contributed by atoms with Gasteiger partial charge in [-0.1, -0.05) is 30.3 Å². The van der Waals surface area contributed by atoms with Gasteiger partial charge < -0.3 is 14.2 Å². The van der Waals surface area contributed by atoms with Gasteiger partial charge in [-0.05, 0) is 54.1 Å². The first kappa shape index (κ1) is 22.2. The van der Waals surface area contributed by atoms with Crippen molar-refractivity contribution in [2.75, 3.05) is 14.2 Å². The monoisotopic (exact) mass is 464 g/mol. The molecule has 7 nitrogen and oxygen atoms in total. The highest BCUT2D eigenvalue weighted by Gasteiger charge is 2.20. The van der Waals surface area contributed by atoms with Crippen molar-refractivity contribution in [2.24, 2.45) is 10.1 Å². The van der Waals surface area contributed by atoms with E-state index in [1.54, 1.807) is 26.6 Å². The number of pyridine rings is 1. The van der Waals surface area contributed by atoms with E-state index in [0.717, 1.165) is 27.9 Å². The number of nitrogens with zero attached hydrogens (tertiary/aromatic N) is 3. The summed E-state index contributed by atoms with van der Waals surface area (Å²) in [7, 11) is 3.27. The van der Waals surface area contributed by atoms with Gasteiger partial charge in [0, 0.05) is 29.1 Å². The average molecular weight is 465 g/mol. The molecule has 1 N–H and O–H groups in total. The molecular formula is C28H24N4O3. The van der Waals surface area contributed by atoms with Crippen LogP contribution in [0.3, 0.4) is 0 Å². The number of aromatic nitrogens is 1. The molecule has 3 aromatic carbocycles. The minimum absolute atomic E-state index is 0.446. The number of hydrogen-bond donors (Lipinski definition) is 1. The minimum Gasteiger partial charge on any atom is -0.497 e. The third kappa shape index (κ3) is 4.84. The van der Waals surface area contributed by atoms with Gasteiger partial charge in [-0.3, -0.25) is 10.4 Å². The van der Waals surface area contributed by atoms with E-state index in [2.05, 4.69) is 10.4 Å². The quantitative estimate of drug-likeness (QED) is 0.411. The third-order valence-electron chi connectivity index (χ3n) is 5.57. The highest BCUT2D eigenvalue weighted by Crippen LogP contribution is 2.33. The lowest BCUT2D eigenvalue weighted by Crippen LogP contribution is -2.19. The third-order valence-corrected chi connectivity index (χ3v) is 5.57. The molecule has 0 unspecified atom stereocenters. The van der Waals surface area contributed by atoms with Gasteiger partial charge in [-0.25, -0.2) is 4.99 Å². The van der Waals surface area contributed by atoms with E-state index in [-0.39, 0.29) is 0 Å². The van der Waals surface area contributed by atoms with Crippen molar-refractivity contribution in [3.05, 3.63) is 114 Å². The Morgan fingerprint density at radius 1 is 0.800 bits per heavy atom. The molecule has 0 spiro atoms. The summed E-state index contributed by atoms with van der Waals surface area (Å²) < 4.78 is 17.2. The van der Waals surface area contributed by atoms with Gasteiger partial charge in [-0.15, -0.1) is 0 Å². The molecule has 7 heteroatoms. The van der Waals surface area contributed by atoms with Crippen molar-refractivity contribution in [1.82, 2.24) is 10.4 Å². The predicted octanol–water partition coefficient (Wildman–Crippen LogP) is 5.11. The van der Waals surface area contributed by atoms with E-state index in [4.69, 9.17) is 24.3 Å². The molecule has 0 radical (unpaired) electrons. The van der Waals surface area contributed by atoms with Crippen LogP contribution >= 0.6 is 0 Å². The van der Waals surface area contributed by atoms with Gasteiger partial charge in [0.1, 0.15) is 18.1 Å². The van der Waals surface area contributed by atoms with Gasteiger partial charge in [0.25, 0.3) is 0 Å². The number of rotatable bonds is 7. The molecule has 1 aliphatic rings. The summed E-state index contributed by atoms with van der Waals surface area (Å²) in [5.74, 6) is 2.59. The SMILES string of the molecule is COc1ccc2c(c1)C(c1ccc(OCc3ccccc3)c(OC)c1)=NNC(c1cccnc1)=N2. The average Bonchev–Trinajstić information content (AvgIpc) is 3.12. The number of fused-ring (bicyclic) bond motifs is 1. The van der Waals surface area contributed by atoms with Crippen LogP contribution in [-0.2, 0) is 6.61 Å². The number of ether oxygens (including phenoxy) is 3. The molecule has 5 rings (SSSR count). The lowest BCUT2D eigenvalue weighted by atomic mass is 10.00. The number of benzene rings is 3. The molecule has 1 aliphatic heterocycles. The molecule has 4 aromatic rings. The van der Waals surface area contributed by atoms with Crippen LogP contribution in [-0.4, -0.2) is 30.8 Å². The minimum atomic E-state index is 0.446. The Hall–Kier alpha value is -4.65. The van der Waals surface area contributed by atoms with Crippen molar-refractivity contribution < 1.29 is 14.2 Å². The zero-order chi connectivity index (χ0) is 24.0. The van der Waals surface area contributed by atoms with E-state index < -0.39 is 0 Å². The van der Waals surface area contributed by atoms with Gasteiger partial charge in [0.2, 0.25) is 0 Å². The molecule has 0 saturated carbocycles. The van der Waals surface area contributed by atoms with Crippen LogP contribution in [0.2, 0.25) is 0 Å². The topological polar surface area (TPSA) is 77.3 Å². The molecule has 0 bridgehead atoms. The number of nitrogens with one attached hydrogen (secondary N) is 1. The van der Waals surface area contributed by atoms with E-state index in [0.29, 0.717) is 35.4 Å². The first-order valence-electron chi connectivity index (χ1n) is 11.1. The summed E-state index contributed by atoms with van der Waals surface area (Å²) >= 11 is 0. The Labute approximate surface area is 203 Å². The second kappa shape index (κ2) is 10.1. The number of aliphatic imine (C=N–C) groups is 1. The maximum absolute atomic E-state index is 6.03. The Morgan fingerprint density at radius 3 is 2.46 bits per heavy atom. The maximum Gasteiger partial charge on any atom is 0.161 e. The summed E-state index contributed by atoms with van der Waals surface area (Å²) in [5, 5.41) is 4.72. The number of amidine groups is 1.